The Morgan fingerprint density at radius 1 is 1.08 bits per heavy atom. The maximum Gasteiger partial charge on any atom is 0.262 e. The number of imide groups is 1. The first-order valence-corrected chi connectivity index (χ1v) is 16.5. The number of nitrogens with two attached hydrogens (primary N) is 1. The Kier molecular flexibility index (Phi) is 10.7. The van der Waals surface area contributed by atoms with Gasteiger partial charge in [0.15, 0.2) is 0 Å². The summed E-state index contributed by atoms with van der Waals surface area (Å²) in [5.41, 5.74) is 8.28. The van der Waals surface area contributed by atoms with Crippen molar-refractivity contribution in [2.24, 2.45) is 16.6 Å². The van der Waals surface area contributed by atoms with Crippen LogP contribution in [0.15, 0.2) is 53.2 Å². The number of carbonyl (C=O) groups is 5. The van der Waals surface area contributed by atoms with E-state index in [4.69, 9.17) is 5.73 Å². The first-order chi connectivity index (χ1) is 24.0. The molecule has 0 radical (unpaired) electrons. The molecule has 2 aromatic rings. The standard InChI is InChI=1S/C37H40N8O5/c1-37(2,36(50)42-27-11-10-26(20-39)32(17-27)43-14-4-5-15-43)41-21-24(19-38)8-9-25-22-44(23-25)28-12-13-29-30(18-28)35(49)45(34(29)48)31(7-6-16-46)33(47)40-3/h10-13,16-19,21,25,31H,4-7,14-15,22-23,38H2,1-3H3,(H,40,47)(H,42,50). The van der Waals surface area contributed by atoms with Crippen molar-refractivity contribution in [1.82, 2.24) is 10.2 Å². The van der Waals surface area contributed by atoms with E-state index >= 15 is 0 Å². The smallest absolute Gasteiger partial charge is 0.262 e. The SMILES string of the molecule is CNC(=O)C(CCC=O)N1C(=O)c2ccc(N3CC(C#CC(C=NC(C)(C)C(=O)Nc4ccc(C#N)c(N5CCCC5)c4)=CN)C3)cc2C1=O. The van der Waals surface area contributed by atoms with Crippen molar-refractivity contribution >= 4 is 53.2 Å². The molecule has 1 unspecified atom stereocenters. The summed E-state index contributed by atoms with van der Waals surface area (Å²) in [6, 6.07) is 11.4. The second kappa shape index (κ2) is 15.1. The van der Waals surface area contributed by atoms with E-state index in [1.807, 2.05) is 11.0 Å². The fourth-order valence-electron chi connectivity index (χ4n) is 6.08. The summed E-state index contributed by atoms with van der Waals surface area (Å²) in [5.74, 6) is 4.25. The van der Waals surface area contributed by atoms with Crippen LogP contribution in [0.1, 0.15) is 65.8 Å². The third-order valence-electron chi connectivity index (χ3n) is 9.07. The Bertz CT molecular complexity index is 1870. The Labute approximate surface area is 291 Å². The van der Waals surface area contributed by atoms with E-state index in [2.05, 4.69) is 38.4 Å². The number of anilines is 3. The van der Waals surface area contributed by atoms with Crippen molar-refractivity contribution in [2.75, 3.05) is 48.3 Å². The van der Waals surface area contributed by atoms with Gasteiger partial charge in [-0.1, -0.05) is 11.8 Å². The molecule has 1 atom stereocenters. The molecule has 4 amide bonds. The molecule has 2 aromatic carbocycles. The lowest BCUT2D eigenvalue weighted by Crippen LogP contribution is -2.48. The molecular weight excluding hydrogens is 636 g/mol. The van der Waals surface area contributed by atoms with Crippen molar-refractivity contribution < 1.29 is 24.0 Å². The number of aliphatic imine (C=N–C) groups is 1. The highest BCUT2D eigenvalue weighted by Gasteiger charge is 2.43. The molecule has 258 valence electrons. The van der Waals surface area contributed by atoms with Gasteiger partial charge in [-0.2, -0.15) is 5.26 Å². The predicted molar refractivity (Wildman–Crippen MR) is 190 cm³/mol. The van der Waals surface area contributed by atoms with Crippen LogP contribution >= 0.6 is 0 Å². The van der Waals surface area contributed by atoms with Gasteiger partial charge in [0.05, 0.1) is 33.9 Å². The van der Waals surface area contributed by atoms with Gasteiger partial charge in [0.25, 0.3) is 17.7 Å². The summed E-state index contributed by atoms with van der Waals surface area (Å²) >= 11 is 0. The number of nitriles is 1. The van der Waals surface area contributed by atoms with Crippen LogP contribution < -0.4 is 26.2 Å². The van der Waals surface area contributed by atoms with E-state index in [0.29, 0.717) is 36.2 Å². The van der Waals surface area contributed by atoms with Crippen LogP contribution in [0, 0.1) is 29.1 Å². The Morgan fingerprint density at radius 2 is 1.80 bits per heavy atom. The summed E-state index contributed by atoms with van der Waals surface area (Å²) in [6.07, 6.45) is 5.67. The number of carbonyl (C=O) groups excluding carboxylic acids is 5. The number of nitrogens with one attached hydrogen (secondary N) is 2. The lowest BCUT2D eigenvalue weighted by Gasteiger charge is -2.38. The van der Waals surface area contributed by atoms with Gasteiger partial charge in [-0.3, -0.25) is 29.1 Å². The average Bonchev–Trinajstić information content (AvgIpc) is 3.72. The monoisotopic (exact) mass is 676 g/mol. The van der Waals surface area contributed by atoms with Crippen LogP contribution in [-0.4, -0.2) is 85.8 Å². The number of fused-ring (bicyclic) bond motifs is 1. The van der Waals surface area contributed by atoms with Gasteiger partial charge in [0.2, 0.25) is 5.91 Å². The lowest BCUT2D eigenvalue weighted by molar-refractivity contribution is -0.125. The molecular formula is C37H40N8O5. The quantitative estimate of drug-likeness (QED) is 0.140. The number of benzene rings is 2. The fraction of sp³-hybridized carbons (Fsp3) is 0.378. The maximum absolute atomic E-state index is 13.3. The van der Waals surface area contributed by atoms with Crippen molar-refractivity contribution in [3.05, 3.63) is 64.9 Å². The summed E-state index contributed by atoms with van der Waals surface area (Å²) < 4.78 is 0. The molecule has 3 heterocycles. The highest BCUT2D eigenvalue weighted by molar-refractivity contribution is 6.23. The Balaban J connectivity index is 1.18. The van der Waals surface area contributed by atoms with Gasteiger partial charge < -0.3 is 31.0 Å². The molecule has 0 bridgehead atoms. The maximum atomic E-state index is 13.3. The Morgan fingerprint density at radius 3 is 2.46 bits per heavy atom. The average molecular weight is 677 g/mol. The normalized spacial score (nSPS) is 16.8. The second-order valence-corrected chi connectivity index (χ2v) is 12.9. The molecule has 0 aromatic heterocycles. The number of allylic oxidation sites excluding steroid dienone is 1. The number of aldehydes is 1. The first-order valence-electron chi connectivity index (χ1n) is 16.5. The number of likely N-dealkylation sites (N-methyl/N-ethyl adjacent to an activating group) is 1. The second-order valence-electron chi connectivity index (χ2n) is 12.9. The van der Waals surface area contributed by atoms with E-state index in [1.165, 1.54) is 19.5 Å². The minimum absolute atomic E-state index is 0.00102. The van der Waals surface area contributed by atoms with E-state index in [-0.39, 0.29) is 35.8 Å². The third kappa shape index (κ3) is 7.37. The van der Waals surface area contributed by atoms with Gasteiger partial charge in [-0.05, 0) is 69.5 Å². The minimum Gasteiger partial charge on any atom is -0.404 e. The van der Waals surface area contributed by atoms with Crippen molar-refractivity contribution in [2.45, 2.75) is 51.1 Å². The zero-order chi connectivity index (χ0) is 36.0. The van der Waals surface area contributed by atoms with Crippen LogP contribution in [0.3, 0.4) is 0 Å². The predicted octanol–water partition coefficient (Wildman–Crippen LogP) is 2.62. The number of hydrogen-bond acceptors (Lipinski definition) is 10. The summed E-state index contributed by atoms with van der Waals surface area (Å²) in [4.78, 5) is 72.5. The Hall–Kier alpha value is -5.95. The van der Waals surface area contributed by atoms with E-state index < -0.39 is 29.3 Å². The molecule has 3 aliphatic heterocycles. The van der Waals surface area contributed by atoms with Crippen LogP contribution in [0.4, 0.5) is 17.1 Å². The largest absolute Gasteiger partial charge is 0.404 e. The molecule has 2 fully saturated rings. The first kappa shape index (κ1) is 35.4. The molecule has 0 saturated carbocycles. The van der Waals surface area contributed by atoms with Crippen molar-refractivity contribution in [3.63, 3.8) is 0 Å². The number of nitrogens with zero attached hydrogens (tertiary/aromatic N) is 5. The van der Waals surface area contributed by atoms with E-state index in [1.54, 1.807) is 44.2 Å². The zero-order valence-electron chi connectivity index (χ0n) is 28.4. The van der Waals surface area contributed by atoms with Gasteiger partial charge in [-0.25, -0.2) is 0 Å². The van der Waals surface area contributed by atoms with Gasteiger partial charge in [-0.15, -0.1) is 0 Å². The van der Waals surface area contributed by atoms with Gasteiger partial charge in [0, 0.05) is 63.4 Å². The highest BCUT2D eigenvalue weighted by atomic mass is 16.2. The molecule has 50 heavy (non-hydrogen) atoms. The molecule has 0 aliphatic carbocycles. The molecule has 2 saturated heterocycles. The molecule has 3 aliphatic rings. The van der Waals surface area contributed by atoms with Crippen molar-refractivity contribution in [3.8, 4) is 17.9 Å². The minimum atomic E-state index is -1.14. The van der Waals surface area contributed by atoms with Gasteiger partial charge >= 0.3 is 0 Å². The van der Waals surface area contributed by atoms with Crippen LogP contribution in [0.2, 0.25) is 0 Å². The van der Waals surface area contributed by atoms with Crippen LogP contribution in [-0.2, 0) is 14.4 Å². The molecule has 5 rings (SSSR count). The van der Waals surface area contributed by atoms with E-state index in [0.717, 1.165) is 42.2 Å². The third-order valence-corrected chi connectivity index (χ3v) is 9.07. The topological polar surface area (TPSA) is 181 Å². The molecule has 4 N–H and O–H groups in total. The fourth-order valence-corrected chi connectivity index (χ4v) is 6.08. The lowest BCUT2D eigenvalue weighted by atomic mass is 9.98. The molecule has 13 heteroatoms. The van der Waals surface area contributed by atoms with Crippen LogP contribution in [0.5, 0.6) is 0 Å². The summed E-state index contributed by atoms with van der Waals surface area (Å²) in [7, 11) is 1.42. The number of amides is 4. The van der Waals surface area contributed by atoms with Crippen molar-refractivity contribution in [1.29, 1.82) is 5.26 Å². The summed E-state index contributed by atoms with van der Waals surface area (Å²) in [5, 5.41) is 14.9. The molecule has 13 nitrogen and oxygen atoms in total. The number of hydrogen-bond donors (Lipinski definition) is 3. The van der Waals surface area contributed by atoms with E-state index in [9.17, 15) is 29.2 Å². The van der Waals surface area contributed by atoms with Crippen LogP contribution in [0.25, 0.3) is 0 Å². The zero-order valence-corrected chi connectivity index (χ0v) is 28.4. The summed E-state index contributed by atoms with van der Waals surface area (Å²) in [6.45, 7) is 6.27. The van der Waals surface area contributed by atoms with Gasteiger partial charge in [0.1, 0.15) is 23.9 Å². The molecule has 0 spiro atoms. The highest BCUT2D eigenvalue weighted by Crippen LogP contribution is 2.33. The number of rotatable bonds is 11.